The van der Waals surface area contributed by atoms with Gasteiger partial charge < -0.3 is 28.5 Å². The molecule has 0 amide bonds. The van der Waals surface area contributed by atoms with Crippen LogP contribution in [0.3, 0.4) is 0 Å². The maximum absolute atomic E-state index is 13.5. The van der Waals surface area contributed by atoms with E-state index >= 15 is 0 Å². The number of carbonyl (C=O) groups excluding carboxylic acids is 3. The lowest BCUT2D eigenvalue weighted by molar-refractivity contribution is -0.271. The summed E-state index contributed by atoms with van der Waals surface area (Å²) < 4.78 is 29.7. The van der Waals surface area contributed by atoms with Crippen molar-refractivity contribution in [1.82, 2.24) is 4.98 Å². The Morgan fingerprint density at radius 3 is 2.49 bits per heavy atom. The van der Waals surface area contributed by atoms with Gasteiger partial charge in [0.15, 0.2) is 0 Å². The molecule has 11 nitrogen and oxygen atoms in total. The minimum Gasteiger partial charge on any atom is -0.482 e. The number of aliphatic hydroxyl groups excluding tert-OH is 1. The first-order valence-electron chi connectivity index (χ1n) is 14.7. The van der Waals surface area contributed by atoms with E-state index in [1.165, 1.54) is 13.8 Å². The first kappa shape index (κ1) is 30.7. The highest BCUT2D eigenvalue weighted by Crippen LogP contribution is 2.67. The summed E-state index contributed by atoms with van der Waals surface area (Å²) >= 11 is 0. The van der Waals surface area contributed by atoms with E-state index in [0.29, 0.717) is 18.4 Å². The molecule has 2 aromatic heterocycles. The molecule has 0 aromatic carbocycles. The lowest BCUT2D eigenvalue weighted by Crippen LogP contribution is -2.71. The van der Waals surface area contributed by atoms with Gasteiger partial charge in [-0.05, 0) is 49.7 Å². The molecule has 0 spiro atoms. The molecule has 0 radical (unpaired) electrons. The zero-order chi connectivity index (χ0) is 31.3. The van der Waals surface area contributed by atoms with Crippen LogP contribution in [0.1, 0.15) is 78.9 Å². The Labute approximate surface area is 249 Å². The topological polar surface area (TPSA) is 151 Å². The Kier molecular flexibility index (Phi) is 7.91. The zero-order valence-electron chi connectivity index (χ0n) is 25.4. The van der Waals surface area contributed by atoms with Crippen LogP contribution in [0.4, 0.5) is 0 Å². The van der Waals surface area contributed by atoms with Gasteiger partial charge in [0.2, 0.25) is 0 Å². The quantitative estimate of drug-likeness (QED) is 0.378. The molecular formula is C32H39NO10. The molecule has 5 rings (SSSR count). The van der Waals surface area contributed by atoms with Gasteiger partial charge in [0, 0.05) is 55.6 Å². The second-order valence-electron chi connectivity index (χ2n) is 12.7. The van der Waals surface area contributed by atoms with E-state index in [1.807, 2.05) is 13.8 Å². The number of fused-ring (bicyclic) bond motifs is 4. The summed E-state index contributed by atoms with van der Waals surface area (Å²) in [5.74, 6) is -2.16. The van der Waals surface area contributed by atoms with Crippen molar-refractivity contribution in [2.75, 3.05) is 6.61 Å². The highest BCUT2D eigenvalue weighted by atomic mass is 16.6. The number of hydrogen-bond donors (Lipinski definition) is 1. The van der Waals surface area contributed by atoms with Crippen molar-refractivity contribution in [2.45, 2.75) is 91.1 Å². The Balaban J connectivity index is 1.65. The average molecular weight is 598 g/mol. The molecule has 0 bridgehead atoms. The summed E-state index contributed by atoms with van der Waals surface area (Å²) in [4.78, 5) is 54.5. The monoisotopic (exact) mass is 597 g/mol. The van der Waals surface area contributed by atoms with E-state index in [9.17, 15) is 24.3 Å². The number of hydrogen-bond acceptors (Lipinski definition) is 11. The minimum absolute atomic E-state index is 0.0141. The maximum atomic E-state index is 13.5. The number of carbonyl (C=O) groups is 3. The van der Waals surface area contributed by atoms with Crippen LogP contribution in [0.2, 0.25) is 0 Å². The molecule has 8 atom stereocenters. The van der Waals surface area contributed by atoms with Gasteiger partial charge >= 0.3 is 23.5 Å². The smallest absolute Gasteiger partial charge is 0.345 e. The average Bonchev–Trinajstić information content (AvgIpc) is 2.94. The number of esters is 3. The molecule has 2 aromatic rings. The standard InChI is InChI=1S/C32H39NO10/c1-7-25(36)42-23-10-11-30(4)22(31(23,5)16-39-17(2)34)14-24(40-18(3)35)32(6)28(30)27(37)26-21(43-32)13-20(41-29(26)38)19-9-8-12-33-15-19/h8-9,12-13,15,22-24,27-28,37H,7,10-11,14,16H2,1-6H3/t22-,23+,24+,27+,28-,30+,31+,32-/m1/s1. The van der Waals surface area contributed by atoms with Gasteiger partial charge in [-0.3, -0.25) is 19.4 Å². The van der Waals surface area contributed by atoms with Gasteiger partial charge in [-0.1, -0.05) is 20.8 Å². The Morgan fingerprint density at radius 2 is 1.86 bits per heavy atom. The van der Waals surface area contributed by atoms with E-state index < -0.39 is 58.2 Å². The fourth-order valence-electron chi connectivity index (χ4n) is 8.08. The number of aromatic nitrogens is 1. The Bertz CT molecular complexity index is 1470. The van der Waals surface area contributed by atoms with Crippen molar-refractivity contribution in [3.05, 3.63) is 46.6 Å². The zero-order valence-corrected chi connectivity index (χ0v) is 25.4. The van der Waals surface area contributed by atoms with Gasteiger partial charge in [-0.2, -0.15) is 0 Å². The van der Waals surface area contributed by atoms with Gasteiger partial charge in [0.1, 0.15) is 41.5 Å². The van der Waals surface area contributed by atoms with Gasteiger partial charge in [-0.15, -0.1) is 0 Å². The van der Waals surface area contributed by atoms with E-state index in [-0.39, 0.29) is 48.4 Å². The van der Waals surface area contributed by atoms with E-state index in [2.05, 4.69) is 4.98 Å². The van der Waals surface area contributed by atoms with Gasteiger partial charge in [-0.25, -0.2) is 4.79 Å². The molecule has 232 valence electrons. The first-order chi connectivity index (χ1) is 20.2. The third-order valence-corrected chi connectivity index (χ3v) is 9.98. The van der Waals surface area contributed by atoms with Crippen LogP contribution >= 0.6 is 0 Å². The fourth-order valence-corrected chi connectivity index (χ4v) is 8.08. The third kappa shape index (κ3) is 5.11. The summed E-state index contributed by atoms with van der Waals surface area (Å²) in [7, 11) is 0. The number of pyridine rings is 1. The molecule has 2 fully saturated rings. The molecular weight excluding hydrogens is 558 g/mol. The van der Waals surface area contributed by atoms with Crippen LogP contribution in [0.25, 0.3) is 11.3 Å². The number of rotatable bonds is 6. The van der Waals surface area contributed by atoms with Crippen molar-refractivity contribution in [3.8, 4) is 17.1 Å². The van der Waals surface area contributed by atoms with Crippen LogP contribution in [0, 0.1) is 22.7 Å². The molecule has 2 aliphatic carbocycles. The van der Waals surface area contributed by atoms with Crippen LogP contribution in [0.15, 0.2) is 39.8 Å². The number of ether oxygens (including phenoxy) is 4. The molecule has 2 saturated carbocycles. The summed E-state index contributed by atoms with van der Waals surface area (Å²) in [5, 5.41) is 12.1. The summed E-state index contributed by atoms with van der Waals surface area (Å²) in [6.07, 6.45) is 1.73. The van der Waals surface area contributed by atoms with Crippen LogP contribution in [-0.4, -0.2) is 52.4 Å². The van der Waals surface area contributed by atoms with Gasteiger partial charge in [0.25, 0.3) is 0 Å². The van der Waals surface area contributed by atoms with Crippen LogP contribution in [-0.2, 0) is 28.6 Å². The highest BCUT2D eigenvalue weighted by molar-refractivity contribution is 5.69. The van der Waals surface area contributed by atoms with E-state index in [4.69, 9.17) is 23.4 Å². The number of aliphatic hydroxyl groups is 1. The third-order valence-electron chi connectivity index (χ3n) is 9.98. The van der Waals surface area contributed by atoms with E-state index in [0.717, 1.165) is 0 Å². The van der Waals surface area contributed by atoms with Crippen molar-refractivity contribution in [3.63, 3.8) is 0 Å². The molecule has 0 unspecified atom stereocenters. The minimum atomic E-state index is -1.34. The lowest BCUT2D eigenvalue weighted by atomic mass is 9.42. The first-order valence-corrected chi connectivity index (χ1v) is 14.7. The highest BCUT2D eigenvalue weighted by Gasteiger charge is 2.70. The fraction of sp³-hybridized carbons (Fsp3) is 0.594. The van der Waals surface area contributed by atoms with E-state index in [1.54, 1.807) is 44.4 Å². The molecule has 0 saturated heterocycles. The molecule has 11 heteroatoms. The Morgan fingerprint density at radius 1 is 1.12 bits per heavy atom. The molecule has 1 N–H and O–H groups in total. The predicted molar refractivity (Wildman–Crippen MR) is 152 cm³/mol. The predicted octanol–water partition coefficient (Wildman–Crippen LogP) is 4.15. The molecule has 3 heterocycles. The van der Waals surface area contributed by atoms with Crippen molar-refractivity contribution in [2.24, 2.45) is 22.7 Å². The van der Waals surface area contributed by atoms with Crippen molar-refractivity contribution in [1.29, 1.82) is 0 Å². The van der Waals surface area contributed by atoms with Gasteiger partial charge in [0.05, 0.1) is 6.10 Å². The SMILES string of the molecule is CCC(=O)O[C@H]1CC[C@@]2(C)[C@@H](C[C@H](OC(C)=O)[C@@]3(C)Oc4cc(-c5cccnc5)oc(=O)c4[C@H](O)[C@H]23)[C@]1(C)COC(C)=O. The second kappa shape index (κ2) is 11.1. The van der Waals surface area contributed by atoms with Crippen molar-refractivity contribution < 1.29 is 42.9 Å². The summed E-state index contributed by atoms with van der Waals surface area (Å²) in [6, 6.07) is 5.01. The van der Waals surface area contributed by atoms with Crippen molar-refractivity contribution >= 4 is 17.9 Å². The molecule has 43 heavy (non-hydrogen) atoms. The molecule has 3 aliphatic rings. The van der Waals surface area contributed by atoms with Crippen LogP contribution in [0.5, 0.6) is 5.75 Å². The largest absolute Gasteiger partial charge is 0.482 e. The number of nitrogens with zero attached hydrogens (tertiary/aromatic N) is 1. The lowest BCUT2D eigenvalue weighted by Gasteiger charge is -2.66. The Hall–Kier alpha value is -3.73. The second-order valence-corrected chi connectivity index (χ2v) is 12.7. The summed E-state index contributed by atoms with van der Waals surface area (Å²) in [6.45, 7) is 9.98. The maximum Gasteiger partial charge on any atom is 0.345 e. The normalized spacial score (nSPS) is 34.4. The van der Waals surface area contributed by atoms with Crippen LogP contribution < -0.4 is 10.4 Å². The summed E-state index contributed by atoms with van der Waals surface area (Å²) in [5.41, 5.74) is -3.09. The molecule has 1 aliphatic heterocycles.